The lowest BCUT2D eigenvalue weighted by molar-refractivity contribution is -0.384. The van der Waals surface area contributed by atoms with E-state index < -0.39 is 4.92 Å². The van der Waals surface area contributed by atoms with Gasteiger partial charge in [0.25, 0.3) is 5.69 Å². The Labute approximate surface area is 153 Å². The van der Waals surface area contributed by atoms with Crippen LogP contribution in [0.5, 0.6) is 0 Å². The smallest absolute Gasteiger partial charge is 0.269 e. The number of hydrogen-bond donors (Lipinski definition) is 0. The normalized spacial score (nSPS) is 19.8. The zero-order chi connectivity index (χ0) is 18.4. The first-order chi connectivity index (χ1) is 12.6. The molecular weight excluding hydrogens is 334 g/mol. The highest BCUT2D eigenvalue weighted by Crippen LogP contribution is 2.21. The third-order valence-corrected chi connectivity index (χ3v) is 5.02. The Kier molecular flexibility index (Phi) is 6.35. The van der Waals surface area contributed by atoms with Crippen molar-refractivity contribution < 1.29 is 14.5 Å². The molecule has 0 aromatic heterocycles. The van der Waals surface area contributed by atoms with Gasteiger partial charge in [0.2, 0.25) is 5.91 Å². The van der Waals surface area contributed by atoms with Gasteiger partial charge in [0.1, 0.15) is 0 Å². The molecule has 0 bridgehead atoms. The van der Waals surface area contributed by atoms with Crippen LogP contribution in [0.3, 0.4) is 0 Å². The van der Waals surface area contributed by atoms with Crippen LogP contribution >= 0.6 is 0 Å². The van der Waals surface area contributed by atoms with Crippen molar-refractivity contribution in [2.24, 2.45) is 5.92 Å². The van der Waals surface area contributed by atoms with Gasteiger partial charge in [-0.2, -0.15) is 0 Å². The fourth-order valence-corrected chi connectivity index (χ4v) is 3.35. The lowest BCUT2D eigenvalue weighted by Gasteiger charge is -2.33. The molecule has 140 valence electrons. The van der Waals surface area contributed by atoms with E-state index in [4.69, 9.17) is 4.74 Å². The molecule has 1 aromatic carbocycles. The molecule has 0 N–H and O–H groups in total. The van der Waals surface area contributed by atoms with E-state index in [0.717, 1.165) is 44.6 Å². The van der Waals surface area contributed by atoms with Gasteiger partial charge in [-0.05, 0) is 36.5 Å². The highest BCUT2D eigenvalue weighted by molar-refractivity contribution is 5.78. The summed E-state index contributed by atoms with van der Waals surface area (Å²) in [5, 5.41) is 10.7. The minimum atomic E-state index is -0.392. The van der Waals surface area contributed by atoms with Crippen LogP contribution in [-0.2, 0) is 9.53 Å². The average molecular weight is 359 g/mol. The second-order valence-corrected chi connectivity index (χ2v) is 6.81. The Balaban J connectivity index is 1.44. The molecule has 2 fully saturated rings. The maximum Gasteiger partial charge on any atom is 0.269 e. The van der Waals surface area contributed by atoms with E-state index in [1.54, 1.807) is 12.1 Å². The number of ether oxygens (including phenoxy) is 1. The average Bonchev–Trinajstić information content (AvgIpc) is 2.68. The largest absolute Gasteiger partial charge is 0.379 e. The van der Waals surface area contributed by atoms with E-state index >= 15 is 0 Å². The molecule has 2 heterocycles. The number of nitrogens with zero attached hydrogens (tertiary/aromatic N) is 3. The zero-order valence-electron chi connectivity index (χ0n) is 14.9. The standard InChI is InChI=1S/C19H25N3O4/c23-19(15-20-11-13-26-14-12-20)21-9-7-17(8-10-21)2-1-16-3-5-18(6-4-16)22(24)25/h1-6,17H,7-15H2/b2-1+. The van der Waals surface area contributed by atoms with Crippen LogP contribution in [0.2, 0.25) is 0 Å². The SMILES string of the molecule is O=C(CN1CCOCC1)N1CCC(/C=C/c2ccc([N+](=O)[O-])cc2)CC1. The summed E-state index contributed by atoms with van der Waals surface area (Å²) in [6.45, 7) is 5.16. The van der Waals surface area contributed by atoms with Crippen molar-refractivity contribution in [2.45, 2.75) is 12.8 Å². The highest BCUT2D eigenvalue weighted by atomic mass is 16.6. The monoisotopic (exact) mass is 359 g/mol. The molecule has 2 aliphatic rings. The number of likely N-dealkylation sites (tertiary alicyclic amines) is 1. The van der Waals surface area contributed by atoms with Gasteiger partial charge in [-0.25, -0.2) is 0 Å². The first kappa shape index (κ1) is 18.5. The van der Waals surface area contributed by atoms with E-state index in [9.17, 15) is 14.9 Å². The van der Waals surface area contributed by atoms with Gasteiger partial charge in [0, 0.05) is 38.3 Å². The van der Waals surface area contributed by atoms with Crippen molar-refractivity contribution in [3.05, 3.63) is 46.0 Å². The van der Waals surface area contributed by atoms with Crippen molar-refractivity contribution >= 4 is 17.7 Å². The number of nitro groups is 1. The van der Waals surface area contributed by atoms with Crippen molar-refractivity contribution in [1.82, 2.24) is 9.80 Å². The van der Waals surface area contributed by atoms with Crippen LogP contribution in [0.25, 0.3) is 6.08 Å². The molecule has 26 heavy (non-hydrogen) atoms. The number of rotatable bonds is 5. The van der Waals surface area contributed by atoms with Crippen LogP contribution in [0, 0.1) is 16.0 Å². The summed E-state index contributed by atoms with van der Waals surface area (Å²) in [5.41, 5.74) is 1.07. The Bertz CT molecular complexity index is 645. The van der Waals surface area contributed by atoms with E-state index in [1.165, 1.54) is 12.1 Å². The lowest BCUT2D eigenvalue weighted by Crippen LogP contribution is -2.46. The number of nitro benzene ring substituents is 1. The molecule has 2 saturated heterocycles. The quantitative estimate of drug-likeness (QED) is 0.595. The predicted octanol–water partition coefficient (Wildman–Crippen LogP) is 2.18. The van der Waals surface area contributed by atoms with Crippen LogP contribution in [0.15, 0.2) is 30.3 Å². The Hall–Kier alpha value is -2.25. The molecule has 3 rings (SSSR count). The van der Waals surface area contributed by atoms with Gasteiger partial charge >= 0.3 is 0 Å². The minimum Gasteiger partial charge on any atom is -0.379 e. The van der Waals surface area contributed by atoms with Crippen LogP contribution in [0.1, 0.15) is 18.4 Å². The van der Waals surface area contributed by atoms with E-state index in [1.807, 2.05) is 11.0 Å². The number of allylic oxidation sites excluding steroid dienone is 1. The summed E-state index contributed by atoms with van der Waals surface area (Å²) in [6.07, 6.45) is 6.08. The van der Waals surface area contributed by atoms with Gasteiger partial charge in [0.15, 0.2) is 0 Å². The van der Waals surface area contributed by atoms with E-state index in [0.29, 0.717) is 25.7 Å². The molecule has 0 spiro atoms. The number of carbonyl (C=O) groups is 1. The van der Waals surface area contributed by atoms with Crippen molar-refractivity contribution in [1.29, 1.82) is 0 Å². The van der Waals surface area contributed by atoms with Gasteiger partial charge in [-0.3, -0.25) is 19.8 Å². The molecule has 0 saturated carbocycles. The Morgan fingerprint density at radius 2 is 1.81 bits per heavy atom. The summed E-state index contributed by atoms with van der Waals surface area (Å²) >= 11 is 0. The molecule has 0 aliphatic carbocycles. The minimum absolute atomic E-state index is 0.106. The first-order valence-corrected chi connectivity index (χ1v) is 9.12. The van der Waals surface area contributed by atoms with Gasteiger partial charge in [-0.15, -0.1) is 0 Å². The van der Waals surface area contributed by atoms with Gasteiger partial charge in [-0.1, -0.05) is 12.2 Å². The van der Waals surface area contributed by atoms with Crippen molar-refractivity contribution in [2.75, 3.05) is 45.9 Å². The number of piperidine rings is 1. The molecule has 0 atom stereocenters. The number of non-ortho nitro benzene ring substituents is 1. The number of hydrogen-bond acceptors (Lipinski definition) is 5. The summed E-state index contributed by atoms with van der Waals surface area (Å²) in [6, 6.07) is 6.56. The van der Waals surface area contributed by atoms with Crippen LogP contribution < -0.4 is 0 Å². The van der Waals surface area contributed by atoms with Gasteiger partial charge < -0.3 is 9.64 Å². The summed E-state index contributed by atoms with van der Waals surface area (Å²) in [5.74, 6) is 0.655. The number of morpholine rings is 1. The fourth-order valence-electron chi connectivity index (χ4n) is 3.35. The second kappa shape index (κ2) is 8.91. The third kappa shape index (κ3) is 5.12. The molecule has 7 nitrogen and oxygen atoms in total. The van der Waals surface area contributed by atoms with Crippen LogP contribution in [-0.4, -0.2) is 66.6 Å². The van der Waals surface area contributed by atoms with Crippen LogP contribution in [0.4, 0.5) is 5.69 Å². The molecule has 1 aromatic rings. The molecule has 0 unspecified atom stereocenters. The first-order valence-electron chi connectivity index (χ1n) is 9.12. The zero-order valence-corrected chi connectivity index (χ0v) is 14.9. The Morgan fingerprint density at radius 3 is 2.42 bits per heavy atom. The summed E-state index contributed by atoms with van der Waals surface area (Å²) in [4.78, 5) is 26.8. The maximum absolute atomic E-state index is 12.4. The highest BCUT2D eigenvalue weighted by Gasteiger charge is 2.23. The third-order valence-electron chi connectivity index (χ3n) is 5.02. The summed E-state index contributed by atoms with van der Waals surface area (Å²) < 4.78 is 5.31. The van der Waals surface area contributed by atoms with Gasteiger partial charge in [0.05, 0.1) is 24.7 Å². The second-order valence-electron chi connectivity index (χ2n) is 6.81. The van der Waals surface area contributed by atoms with Crippen molar-refractivity contribution in [3.63, 3.8) is 0 Å². The topological polar surface area (TPSA) is 75.9 Å². The molecule has 1 amide bonds. The van der Waals surface area contributed by atoms with E-state index in [-0.39, 0.29) is 11.6 Å². The molecule has 0 radical (unpaired) electrons. The summed E-state index contributed by atoms with van der Waals surface area (Å²) in [7, 11) is 0. The molecule has 2 aliphatic heterocycles. The van der Waals surface area contributed by atoms with Crippen molar-refractivity contribution in [3.8, 4) is 0 Å². The fraction of sp³-hybridized carbons (Fsp3) is 0.526. The number of benzene rings is 1. The number of amides is 1. The predicted molar refractivity (Wildman–Crippen MR) is 98.7 cm³/mol. The lowest BCUT2D eigenvalue weighted by atomic mass is 9.95. The van der Waals surface area contributed by atoms with E-state index in [2.05, 4.69) is 11.0 Å². The number of carbonyl (C=O) groups excluding carboxylic acids is 1. The Morgan fingerprint density at radius 1 is 1.15 bits per heavy atom. The molecular formula is C19H25N3O4. The maximum atomic E-state index is 12.4. The molecule has 7 heteroatoms.